The molecular formula is C31H24ClFN4O4. The molecule has 0 spiro atoms. The van der Waals surface area contributed by atoms with Gasteiger partial charge in [0, 0.05) is 17.1 Å². The first-order valence-corrected chi connectivity index (χ1v) is 13.1. The number of anilines is 1. The standard InChI is InChI=1S/C31H24ClFN4O4/c32-25-12-6-4-8-22(25)19-34-29(39)21-16-14-20(15-17-21)27(18-28(38)37(33)23-9-2-1-3-10-23)36-30(40)24-11-5-7-13-26(24)35-31(36)41/h1-17,27H,18-19H2,(H,34,39)(H,35,41). The van der Waals surface area contributed by atoms with E-state index >= 15 is 4.48 Å². The predicted molar refractivity (Wildman–Crippen MR) is 156 cm³/mol. The Morgan fingerprint density at radius 2 is 1.54 bits per heavy atom. The van der Waals surface area contributed by atoms with Gasteiger partial charge in [-0.1, -0.05) is 76.7 Å². The van der Waals surface area contributed by atoms with Gasteiger partial charge in [0.15, 0.2) is 0 Å². The summed E-state index contributed by atoms with van der Waals surface area (Å²) >= 11 is 6.17. The molecule has 1 heterocycles. The highest BCUT2D eigenvalue weighted by Crippen LogP contribution is 2.25. The Hall–Kier alpha value is -5.02. The van der Waals surface area contributed by atoms with Gasteiger partial charge in [-0.2, -0.15) is 0 Å². The molecule has 5 aromatic rings. The van der Waals surface area contributed by atoms with E-state index < -0.39 is 29.6 Å². The second-order valence-corrected chi connectivity index (χ2v) is 9.68. The number of fused-ring (bicyclic) bond motifs is 1. The molecule has 5 rings (SSSR count). The molecule has 0 aliphatic carbocycles. The molecule has 206 valence electrons. The van der Waals surface area contributed by atoms with Crippen LogP contribution in [-0.4, -0.2) is 21.4 Å². The van der Waals surface area contributed by atoms with Crippen molar-refractivity contribution in [2.45, 2.75) is 19.0 Å². The minimum atomic E-state index is -1.16. The summed E-state index contributed by atoms with van der Waals surface area (Å²) in [6, 6.07) is 26.3. The zero-order valence-corrected chi connectivity index (χ0v) is 22.3. The molecule has 1 atom stereocenters. The van der Waals surface area contributed by atoms with Crippen LogP contribution >= 0.6 is 11.6 Å². The van der Waals surface area contributed by atoms with Crippen LogP contribution in [0.15, 0.2) is 113 Å². The maximum absolute atomic E-state index is 15.0. The lowest BCUT2D eigenvalue weighted by Gasteiger charge is -2.21. The lowest BCUT2D eigenvalue weighted by Crippen LogP contribution is -2.40. The summed E-state index contributed by atoms with van der Waals surface area (Å²) < 4.78 is 16.0. The summed E-state index contributed by atoms with van der Waals surface area (Å²) in [5, 5.41) is 3.55. The third kappa shape index (κ3) is 5.95. The van der Waals surface area contributed by atoms with Gasteiger partial charge in [0.25, 0.3) is 17.4 Å². The van der Waals surface area contributed by atoms with Crippen molar-refractivity contribution in [3.05, 3.63) is 146 Å². The maximum atomic E-state index is 15.0. The minimum absolute atomic E-state index is 0.0101. The van der Waals surface area contributed by atoms with Crippen molar-refractivity contribution in [3.63, 3.8) is 0 Å². The van der Waals surface area contributed by atoms with Gasteiger partial charge in [-0.3, -0.25) is 19.0 Å². The number of benzene rings is 4. The van der Waals surface area contributed by atoms with Crippen molar-refractivity contribution in [1.29, 1.82) is 0 Å². The quantitative estimate of drug-likeness (QED) is 0.251. The van der Waals surface area contributed by atoms with Gasteiger partial charge in [-0.15, -0.1) is 5.12 Å². The summed E-state index contributed by atoms with van der Waals surface area (Å²) in [5.41, 5.74) is 0.397. The van der Waals surface area contributed by atoms with Gasteiger partial charge in [0.05, 0.1) is 29.1 Å². The molecule has 10 heteroatoms. The van der Waals surface area contributed by atoms with Crippen LogP contribution in [0.25, 0.3) is 10.9 Å². The number of rotatable bonds is 8. The largest absolute Gasteiger partial charge is 0.348 e. The van der Waals surface area contributed by atoms with E-state index in [0.717, 1.165) is 10.1 Å². The number of H-pyrrole nitrogens is 1. The van der Waals surface area contributed by atoms with Crippen molar-refractivity contribution in [2.24, 2.45) is 0 Å². The number of para-hydroxylation sites is 2. The lowest BCUT2D eigenvalue weighted by atomic mass is 10.0. The Balaban J connectivity index is 1.48. The zero-order chi connectivity index (χ0) is 28.9. The van der Waals surface area contributed by atoms with Crippen LogP contribution in [0.5, 0.6) is 0 Å². The van der Waals surface area contributed by atoms with Crippen molar-refractivity contribution in [3.8, 4) is 0 Å². The Morgan fingerprint density at radius 1 is 0.878 bits per heavy atom. The SMILES string of the molecule is O=C(NCc1ccccc1Cl)c1ccc(C(CC(=O)N(F)c2ccccc2)n2c(=O)[nH]c3ccccc3c2=O)cc1. The van der Waals surface area contributed by atoms with E-state index in [1.807, 2.05) is 6.07 Å². The normalized spacial score (nSPS) is 11.7. The van der Waals surface area contributed by atoms with Gasteiger partial charge in [-0.05, 0) is 53.6 Å². The fourth-order valence-electron chi connectivity index (χ4n) is 4.54. The Labute approximate surface area is 238 Å². The third-order valence-corrected chi connectivity index (χ3v) is 7.04. The monoisotopic (exact) mass is 570 g/mol. The number of nitrogens with zero attached hydrogens (tertiary/aromatic N) is 2. The van der Waals surface area contributed by atoms with Crippen LogP contribution < -0.4 is 21.7 Å². The molecule has 1 unspecified atom stereocenters. The Kier molecular flexibility index (Phi) is 8.07. The second kappa shape index (κ2) is 12.0. The zero-order valence-electron chi connectivity index (χ0n) is 21.6. The smallest absolute Gasteiger partial charge is 0.329 e. The molecule has 1 aromatic heterocycles. The molecule has 8 nitrogen and oxygen atoms in total. The van der Waals surface area contributed by atoms with Gasteiger partial charge < -0.3 is 10.3 Å². The fourth-order valence-corrected chi connectivity index (χ4v) is 4.74. The molecule has 0 aliphatic heterocycles. The molecule has 41 heavy (non-hydrogen) atoms. The van der Waals surface area contributed by atoms with Crippen molar-refractivity contribution in [1.82, 2.24) is 14.9 Å². The Bertz CT molecular complexity index is 1840. The number of carbonyl (C=O) groups is 2. The number of nitrogens with one attached hydrogen (secondary N) is 2. The number of aromatic amines is 1. The number of aromatic nitrogens is 2. The highest BCUT2D eigenvalue weighted by Gasteiger charge is 2.26. The topological polar surface area (TPSA) is 104 Å². The molecule has 4 aromatic carbocycles. The van der Waals surface area contributed by atoms with Crippen LogP contribution in [-0.2, 0) is 11.3 Å². The van der Waals surface area contributed by atoms with E-state index in [1.165, 1.54) is 36.4 Å². The molecule has 0 bridgehead atoms. The van der Waals surface area contributed by atoms with E-state index in [2.05, 4.69) is 10.3 Å². The summed E-state index contributed by atoms with van der Waals surface area (Å²) in [6.45, 7) is 0.213. The predicted octanol–water partition coefficient (Wildman–Crippen LogP) is 5.17. The van der Waals surface area contributed by atoms with Gasteiger partial charge >= 0.3 is 5.69 Å². The number of halogens is 2. The van der Waals surface area contributed by atoms with Gasteiger partial charge in [-0.25, -0.2) is 4.79 Å². The van der Waals surface area contributed by atoms with Crippen LogP contribution in [0, 0.1) is 0 Å². The first kappa shape index (κ1) is 27.5. The molecule has 2 amide bonds. The third-order valence-electron chi connectivity index (χ3n) is 6.67. The second-order valence-electron chi connectivity index (χ2n) is 9.28. The van der Waals surface area contributed by atoms with Gasteiger partial charge in [0.2, 0.25) is 0 Å². The van der Waals surface area contributed by atoms with E-state index in [-0.39, 0.29) is 28.6 Å². The summed E-state index contributed by atoms with van der Waals surface area (Å²) in [4.78, 5) is 55.1. The molecular weight excluding hydrogens is 547 g/mol. The number of hydrogen-bond acceptors (Lipinski definition) is 4. The Morgan fingerprint density at radius 3 is 2.27 bits per heavy atom. The molecule has 0 fully saturated rings. The maximum Gasteiger partial charge on any atom is 0.329 e. The highest BCUT2D eigenvalue weighted by molar-refractivity contribution is 6.31. The van der Waals surface area contributed by atoms with Crippen LogP contribution in [0.2, 0.25) is 5.02 Å². The van der Waals surface area contributed by atoms with E-state index in [9.17, 15) is 19.2 Å². The summed E-state index contributed by atoms with van der Waals surface area (Å²) in [5.74, 6) is -1.33. The number of amides is 2. The first-order valence-electron chi connectivity index (χ1n) is 12.7. The summed E-state index contributed by atoms with van der Waals surface area (Å²) in [7, 11) is 0. The average molecular weight is 571 g/mol. The molecule has 0 radical (unpaired) electrons. The molecule has 2 N–H and O–H groups in total. The van der Waals surface area contributed by atoms with E-state index in [4.69, 9.17) is 11.6 Å². The molecule has 0 aliphatic rings. The van der Waals surface area contributed by atoms with Crippen LogP contribution in [0.3, 0.4) is 0 Å². The van der Waals surface area contributed by atoms with Crippen LogP contribution in [0.1, 0.15) is 33.9 Å². The molecule has 0 saturated heterocycles. The van der Waals surface area contributed by atoms with Crippen molar-refractivity contribution in [2.75, 3.05) is 5.12 Å². The fraction of sp³-hybridized carbons (Fsp3) is 0.0968. The number of hydrogen-bond donors (Lipinski definition) is 2. The lowest BCUT2D eigenvalue weighted by molar-refractivity contribution is -0.121. The summed E-state index contributed by atoms with van der Waals surface area (Å²) in [6.07, 6.45) is -0.537. The van der Waals surface area contributed by atoms with Gasteiger partial charge in [0.1, 0.15) is 0 Å². The first-order chi connectivity index (χ1) is 19.8. The molecule has 0 saturated carbocycles. The minimum Gasteiger partial charge on any atom is -0.348 e. The van der Waals surface area contributed by atoms with E-state index in [0.29, 0.717) is 21.7 Å². The highest BCUT2D eigenvalue weighted by atomic mass is 35.5. The van der Waals surface area contributed by atoms with Crippen molar-refractivity contribution < 1.29 is 14.1 Å². The number of carbonyl (C=O) groups excluding carboxylic acids is 2. The van der Waals surface area contributed by atoms with E-state index in [1.54, 1.807) is 60.7 Å². The van der Waals surface area contributed by atoms with Crippen LogP contribution in [0.4, 0.5) is 10.2 Å². The average Bonchev–Trinajstić information content (AvgIpc) is 3.00. The van der Waals surface area contributed by atoms with Crippen molar-refractivity contribution >= 4 is 40.0 Å².